The van der Waals surface area contributed by atoms with Gasteiger partial charge in [-0.3, -0.25) is 28.0 Å². The van der Waals surface area contributed by atoms with Crippen molar-refractivity contribution in [2.24, 2.45) is 0 Å². The van der Waals surface area contributed by atoms with E-state index in [4.69, 9.17) is 20.6 Å². The first-order valence-corrected chi connectivity index (χ1v) is 16.9. The van der Waals surface area contributed by atoms with Gasteiger partial charge in [-0.05, 0) is 86.0 Å². The molecule has 9 nitrogen and oxygen atoms in total. The van der Waals surface area contributed by atoms with Crippen molar-refractivity contribution in [2.45, 2.75) is 33.4 Å². The van der Waals surface area contributed by atoms with Gasteiger partial charge < -0.3 is 15.1 Å². The molecule has 0 bridgehead atoms. The zero-order chi connectivity index (χ0) is 32.4. The van der Waals surface area contributed by atoms with Gasteiger partial charge in [0.1, 0.15) is 13.2 Å². The number of likely N-dealkylation sites (N-methyl/N-ethyl adjacent to an activating group) is 2. The van der Waals surface area contributed by atoms with Crippen molar-refractivity contribution in [2.75, 3.05) is 39.4 Å². The number of nitrogens with zero attached hydrogens (tertiary/aromatic N) is 2. The van der Waals surface area contributed by atoms with Crippen LogP contribution in [0.5, 0.6) is 0 Å². The van der Waals surface area contributed by atoms with E-state index in [0.29, 0.717) is 36.6 Å². The summed E-state index contributed by atoms with van der Waals surface area (Å²) in [6.45, 7) is 7.24. The average Bonchev–Trinajstić information content (AvgIpc) is 3.40. The Morgan fingerprint density at radius 1 is 0.932 bits per heavy atom. The molecule has 0 spiro atoms. The summed E-state index contributed by atoms with van der Waals surface area (Å²) in [6.07, 6.45) is 2.50. The van der Waals surface area contributed by atoms with Gasteiger partial charge in [0.25, 0.3) is 0 Å². The number of carbonyl (C=O) groups excluding carboxylic acids is 3. The molecule has 0 aliphatic carbocycles. The molecule has 1 N–H and O–H groups in total. The van der Waals surface area contributed by atoms with E-state index in [-0.39, 0.29) is 11.1 Å². The normalized spacial score (nSPS) is 12.4. The van der Waals surface area contributed by atoms with Crippen LogP contribution in [-0.2, 0) is 28.0 Å². The van der Waals surface area contributed by atoms with Gasteiger partial charge in [0.15, 0.2) is 17.3 Å². The third-order valence-electron chi connectivity index (χ3n) is 6.84. The lowest BCUT2D eigenvalue weighted by Crippen LogP contribution is -2.35. The molecule has 0 aliphatic rings. The number of fused-ring (bicyclic) bond motifs is 1. The molecule has 0 aliphatic heterocycles. The summed E-state index contributed by atoms with van der Waals surface area (Å²) >= 11 is 7.53. The highest BCUT2D eigenvalue weighted by Crippen LogP contribution is 2.62. The van der Waals surface area contributed by atoms with E-state index in [1.807, 2.05) is 0 Å². The first kappa shape index (κ1) is 35.3. The molecule has 0 fully saturated rings. The molecular weight excluding hydrogens is 635 g/mol. The topological polar surface area (TPSA) is 105 Å². The molecule has 1 atom stereocenters. The smallest absolute Gasteiger partial charge is 0.341 e. The molecule has 1 aromatic heterocycles. The van der Waals surface area contributed by atoms with Gasteiger partial charge in [0.2, 0.25) is 17.7 Å². The fourth-order valence-electron chi connectivity index (χ4n) is 4.41. The summed E-state index contributed by atoms with van der Waals surface area (Å²) in [7, 11) is -4.64. The summed E-state index contributed by atoms with van der Waals surface area (Å²) in [5.41, 5.74) is -1.14. The fraction of sp³-hybridized carbons (Fsp3) is 0.367. The minimum absolute atomic E-state index is 0.249. The Labute approximate surface area is 264 Å². The van der Waals surface area contributed by atoms with Crippen LogP contribution in [0, 0.1) is 11.6 Å². The number of carbonyl (C=O) groups is 3. The van der Waals surface area contributed by atoms with Crippen LogP contribution in [0.4, 0.5) is 8.78 Å². The zero-order valence-corrected chi connectivity index (χ0v) is 27.3. The van der Waals surface area contributed by atoms with Crippen LogP contribution in [-0.4, -0.2) is 66.9 Å². The first-order valence-electron chi connectivity index (χ1n) is 14.0. The Morgan fingerprint density at radius 3 is 2.07 bits per heavy atom. The van der Waals surface area contributed by atoms with Gasteiger partial charge >= 0.3 is 7.60 Å². The van der Waals surface area contributed by atoms with Crippen LogP contribution in [0.1, 0.15) is 44.5 Å². The lowest BCUT2D eigenvalue weighted by atomic mass is 10.1. The Balaban J connectivity index is 2.07. The van der Waals surface area contributed by atoms with Crippen molar-refractivity contribution in [3.63, 3.8) is 0 Å². The van der Waals surface area contributed by atoms with Crippen molar-refractivity contribution >= 4 is 64.4 Å². The molecule has 238 valence electrons. The molecule has 2 aromatic carbocycles. The summed E-state index contributed by atoms with van der Waals surface area (Å²) in [6, 6.07) is 8.20. The maximum absolute atomic E-state index is 14.7. The summed E-state index contributed by atoms with van der Waals surface area (Å²) in [5.74, 6) is -3.91. The van der Waals surface area contributed by atoms with Crippen LogP contribution in [0.2, 0.25) is 5.02 Å². The molecule has 44 heavy (non-hydrogen) atoms. The number of hydrogen-bond acceptors (Lipinski definition) is 7. The molecule has 3 aromatic rings. The zero-order valence-electron chi connectivity index (χ0n) is 24.8. The number of amides is 3. The van der Waals surface area contributed by atoms with E-state index in [9.17, 15) is 27.7 Å². The minimum Gasteiger partial charge on any atom is -0.341 e. The lowest BCUT2D eigenvalue weighted by molar-refractivity contribution is -0.134. The highest BCUT2D eigenvalue weighted by molar-refractivity contribution is 7.55. The number of halogens is 3. The lowest BCUT2D eigenvalue weighted by Gasteiger charge is -2.28. The third kappa shape index (κ3) is 8.73. The molecule has 3 rings (SSSR count). The third-order valence-corrected chi connectivity index (χ3v) is 10.2. The van der Waals surface area contributed by atoms with E-state index in [1.165, 1.54) is 39.5 Å². The van der Waals surface area contributed by atoms with E-state index in [2.05, 4.69) is 5.32 Å². The Bertz CT molecular complexity index is 1530. The number of rotatable bonds is 15. The van der Waals surface area contributed by atoms with Crippen molar-refractivity contribution in [3.05, 3.63) is 75.8 Å². The number of thiophene rings is 1. The van der Waals surface area contributed by atoms with Crippen LogP contribution < -0.4 is 5.32 Å². The number of hydrogen-bond donors (Lipinski definition) is 1. The van der Waals surface area contributed by atoms with Gasteiger partial charge in [-0.15, -0.1) is 11.3 Å². The maximum atomic E-state index is 14.7. The average molecular weight is 670 g/mol. The van der Waals surface area contributed by atoms with Gasteiger partial charge in [0, 0.05) is 42.1 Å². The molecule has 0 saturated heterocycles. The molecule has 14 heteroatoms. The highest BCUT2D eigenvalue weighted by Gasteiger charge is 2.45. The fourth-order valence-corrected chi connectivity index (χ4v) is 7.52. The van der Waals surface area contributed by atoms with E-state index < -0.39 is 55.8 Å². The van der Waals surface area contributed by atoms with Crippen LogP contribution in [0.3, 0.4) is 0 Å². The quantitative estimate of drug-likeness (QED) is 0.182. The molecular formula is C30H35ClF2N3O6PS. The monoisotopic (exact) mass is 669 g/mol. The molecule has 1 heterocycles. The highest BCUT2D eigenvalue weighted by atomic mass is 35.5. The van der Waals surface area contributed by atoms with Crippen LogP contribution >= 0.6 is 30.5 Å². The molecule has 1 unspecified atom stereocenters. The van der Waals surface area contributed by atoms with Crippen molar-refractivity contribution in [3.8, 4) is 0 Å². The van der Waals surface area contributed by atoms with Crippen LogP contribution in [0.15, 0.2) is 48.0 Å². The standard InChI is InChI=1S/C30H35ClF2N3O6PS/c1-5-35(6-2)27(37)17-41-43(40,42-18-28(38)36(7-3)8-4)29(23-19-44-26-12-10-21(31)16-22(23)26)30(39)34-14-13-20-9-11-24(32)25(33)15-20/h9-16,19,29H,5-8,17-18H2,1-4H3,(H,34,39). The molecule has 0 saturated carbocycles. The predicted octanol–water partition coefficient (Wildman–Crippen LogP) is 6.62. The van der Waals surface area contributed by atoms with E-state index in [0.717, 1.165) is 16.8 Å². The predicted molar refractivity (Wildman–Crippen MR) is 168 cm³/mol. The minimum atomic E-state index is -4.64. The van der Waals surface area contributed by atoms with Gasteiger partial charge in [-0.2, -0.15) is 0 Å². The summed E-state index contributed by atoms with van der Waals surface area (Å²) in [5, 5.41) is 5.00. The second-order valence-electron chi connectivity index (χ2n) is 9.47. The second kappa shape index (κ2) is 16.2. The SMILES string of the molecule is CCN(CC)C(=O)COP(=O)(OCC(=O)N(CC)CC)C(C(=O)NC=Cc1ccc(F)c(F)c1)c1csc2ccc(Cl)cc12. The first-order chi connectivity index (χ1) is 21.0. The largest absolute Gasteiger partial charge is 0.348 e. The Kier molecular flexibility index (Phi) is 13.0. The number of benzene rings is 2. The second-order valence-corrected chi connectivity index (χ2v) is 12.9. The van der Waals surface area contributed by atoms with Crippen LogP contribution in [0.25, 0.3) is 16.2 Å². The molecule has 0 radical (unpaired) electrons. The van der Waals surface area contributed by atoms with Gasteiger partial charge in [-0.1, -0.05) is 17.7 Å². The Morgan fingerprint density at radius 2 is 1.52 bits per heavy atom. The summed E-state index contributed by atoms with van der Waals surface area (Å²) in [4.78, 5) is 42.5. The van der Waals surface area contributed by atoms with Crippen molar-refractivity contribution in [1.82, 2.24) is 15.1 Å². The summed E-state index contributed by atoms with van der Waals surface area (Å²) < 4.78 is 53.9. The van der Waals surface area contributed by atoms with Gasteiger partial charge in [-0.25, -0.2) is 8.78 Å². The van der Waals surface area contributed by atoms with Crippen molar-refractivity contribution in [1.29, 1.82) is 0 Å². The van der Waals surface area contributed by atoms with E-state index >= 15 is 0 Å². The molecule has 3 amide bonds. The maximum Gasteiger partial charge on any atom is 0.348 e. The number of nitrogens with one attached hydrogen (secondary N) is 1. The van der Waals surface area contributed by atoms with Crippen molar-refractivity contribution < 1.29 is 36.8 Å². The van der Waals surface area contributed by atoms with Gasteiger partial charge in [0.05, 0.1) is 0 Å². The Hall–Kier alpha value is -3.15. The van der Waals surface area contributed by atoms with E-state index in [1.54, 1.807) is 51.3 Å².